The SMILES string of the molecule is O[C@H](c1ccc(Br)cc1)[C@@H](CN1CCOCC1)c1ccccc1. The summed E-state index contributed by atoms with van der Waals surface area (Å²) in [5, 5.41) is 11.0. The molecule has 3 rings (SSSR count). The second-order valence-electron chi connectivity index (χ2n) is 5.93. The van der Waals surface area contributed by atoms with E-state index in [1.54, 1.807) is 0 Å². The fourth-order valence-electron chi connectivity index (χ4n) is 3.04. The van der Waals surface area contributed by atoms with E-state index in [1.165, 1.54) is 5.56 Å². The van der Waals surface area contributed by atoms with Gasteiger partial charge in [-0.1, -0.05) is 58.4 Å². The van der Waals surface area contributed by atoms with Crippen LogP contribution in [-0.4, -0.2) is 42.9 Å². The first-order valence-corrected chi connectivity index (χ1v) is 8.82. The molecule has 0 aromatic heterocycles. The first kappa shape index (κ1) is 16.7. The summed E-state index contributed by atoms with van der Waals surface area (Å²) in [5.41, 5.74) is 2.13. The number of morpholine rings is 1. The molecule has 0 aliphatic carbocycles. The van der Waals surface area contributed by atoms with Gasteiger partial charge in [0, 0.05) is 30.0 Å². The maximum Gasteiger partial charge on any atom is 0.0870 e. The molecule has 2 aromatic carbocycles. The predicted molar refractivity (Wildman–Crippen MR) is 95.5 cm³/mol. The van der Waals surface area contributed by atoms with Gasteiger partial charge in [0.25, 0.3) is 0 Å². The smallest absolute Gasteiger partial charge is 0.0870 e. The quantitative estimate of drug-likeness (QED) is 0.866. The van der Waals surface area contributed by atoms with Crippen molar-refractivity contribution in [3.05, 3.63) is 70.2 Å². The fourth-order valence-corrected chi connectivity index (χ4v) is 3.31. The van der Waals surface area contributed by atoms with E-state index in [9.17, 15) is 5.11 Å². The molecule has 4 heteroatoms. The van der Waals surface area contributed by atoms with Gasteiger partial charge in [-0.15, -0.1) is 0 Å². The number of nitrogens with zero attached hydrogens (tertiary/aromatic N) is 1. The summed E-state index contributed by atoms with van der Waals surface area (Å²) in [6.45, 7) is 4.24. The zero-order chi connectivity index (χ0) is 16.1. The van der Waals surface area contributed by atoms with Crippen LogP contribution in [0.5, 0.6) is 0 Å². The van der Waals surface area contributed by atoms with Crippen LogP contribution in [0.1, 0.15) is 23.1 Å². The van der Waals surface area contributed by atoms with Gasteiger partial charge in [-0.25, -0.2) is 0 Å². The van der Waals surface area contributed by atoms with E-state index in [2.05, 4.69) is 33.0 Å². The Kier molecular flexibility index (Phi) is 5.84. The highest BCUT2D eigenvalue weighted by Gasteiger charge is 2.26. The van der Waals surface area contributed by atoms with Crippen LogP contribution in [0.2, 0.25) is 0 Å². The van der Waals surface area contributed by atoms with Gasteiger partial charge in [0.15, 0.2) is 0 Å². The highest BCUT2D eigenvalue weighted by atomic mass is 79.9. The van der Waals surface area contributed by atoms with E-state index in [-0.39, 0.29) is 5.92 Å². The van der Waals surface area contributed by atoms with E-state index in [1.807, 2.05) is 42.5 Å². The topological polar surface area (TPSA) is 32.7 Å². The number of halogens is 1. The van der Waals surface area contributed by atoms with Gasteiger partial charge >= 0.3 is 0 Å². The lowest BCUT2D eigenvalue weighted by atomic mass is 9.88. The van der Waals surface area contributed by atoms with E-state index in [0.29, 0.717) is 0 Å². The molecule has 0 spiro atoms. The van der Waals surface area contributed by atoms with Gasteiger partial charge in [0.2, 0.25) is 0 Å². The van der Waals surface area contributed by atoms with Crippen LogP contribution >= 0.6 is 15.9 Å². The molecule has 2 aromatic rings. The maximum atomic E-state index is 11.0. The molecule has 1 aliphatic heterocycles. The summed E-state index contributed by atoms with van der Waals surface area (Å²) < 4.78 is 6.46. The Morgan fingerprint density at radius 3 is 2.26 bits per heavy atom. The molecule has 0 bridgehead atoms. The Balaban J connectivity index is 1.83. The third-order valence-electron chi connectivity index (χ3n) is 4.38. The van der Waals surface area contributed by atoms with Gasteiger partial charge in [0.05, 0.1) is 19.3 Å². The van der Waals surface area contributed by atoms with Crippen LogP contribution in [0.15, 0.2) is 59.1 Å². The monoisotopic (exact) mass is 375 g/mol. The lowest BCUT2D eigenvalue weighted by Gasteiger charge is -2.33. The minimum atomic E-state index is -0.520. The van der Waals surface area contributed by atoms with Crippen LogP contribution in [0.3, 0.4) is 0 Å². The largest absolute Gasteiger partial charge is 0.388 e. The normalized spacial score (nSPS) is 18.5. The van der Waals surface area contributed by atoms with Crippen molar-refractivity contribution in [1.29, 1.82) is 0 Å². The standard InChI is InChI=1S/C19H22BrNO2/c20-17-8-6-16(7-9-17)19(22)18(15-4-2-1-3-5-15)14-21-10-12-23-13-11-21/h1-9,18-19,22H,10-14H2/t18-,19+/m0/s1. The fraction of sp³-hybridized carbons (Fsp3) is 0.368. The summed E-state index contributed by atoms with van der Waals surface area (Å²) in [5.74, 6) is 0.0514. The van der Waals surface area contributed by atoms with Gasteiger partial charge in [-0.05, 0) is 23.3 Å². The van der Waals surface area contributed by atoms with Gasteiger partial charge in [-0.3, -0.25) is 4.90 Å². The average Bonchev–Trinajstić information content (AvgIpc) is 2.61. The zero-order valence-corrected chi connectivity index (χ0v) is 14.7. The van der Waals surface area contributed by atoms with Gasteiger partial charge in [-0.2, -0.15) is 0 Å². The summed E-state index contributed by atoms with van der Waals surface area (Å²) in [6.07, 6.45) is -0.520. The van der Waals surface area contributed by atoms with Crippen molar-refractivity contribution < 1.29 is 9.84 Å². The number of rotatable bonds is 5. The number of benzene rings is 2. The van der Waals surface area contributed by atoms with Crippen molar-refractivity contribution in [3.63, 3.8) is 0 Å². The maximum absolute atomic E-state index is 11.0. The number of hydrogen-bond donors (Lipinski definition) is 1. The molecule has 122 valence electrons. The Hall–Kier alpha value is -1.20. The molecule has 1 fully saturated rings. The number of aliphatic hydroxyl groups excluding tert-OH is 1. The molecule has 0 amide bonds. The second kappa shape index (κ2) is 8.06. The van der Waals surface area contributed by atoms with E-state index < -0.39 is 6.10 Å². The zero-order valence-electron chi connectivity index (χ0n) is 13.1. The van der Waals surface area contributed by atoms with Crippen molar-refractivity contribution in [2.45, 2.75) is 12.0 Å². The third kappa shape index (κ3) is 4.42. The summed E-state index contributed by atoms with van der Waals surface area (Å²) in [6, 6.07) is 18.2. The van der Waals surface area contributed by atoms with Crippen molar-refractivity contribution in [2.75, 3.05) is 32.8 Å². The van der Waals surface area contributed by atoms with E-state index >= 15 is 0 Å². The van der Waals surface area contributed by atoms with Crippen LogP contribution in [0.4, 0.5) is 0 Å². The summed E-state index contributed by atoms with van der Waals surface area (Å²) >= 11 is 3.45. The van der Waals surface area contributed by atoms with E-state index in [4.69, 9.17) is 4.74 Å². The van der Waals surface area contributed by atoms with Crippen molar-refractivity contribution in [1.82, 2.24) is 4.90 Å². The molecule has 2 atom stereocenters. The molecule has 0 unspecified atom stereocenters. The Labute approximate surface area is 146 Å². The highest BCUT2D eigenvalue weighted by molar-refractivity contribution is 9.10. The number of ether oxygens (including phenoxy) is 1. The Morgan fingerprint density at radius 2 is 1.61 bits per heavy atom. The molecule has 1 saturated heterocycles. The average molecular weight is 376 g/mol. The third-order valence-corrected chi connectivity index (χ3v) is 4.91. The molecule has 23 heavy (non-hydrogen) atoms. The first-order chi connectivity index (χ1) is 11.2. The molecule has 1 N–H and O–H groups in total. The molecular formula is C19H22BrNO2. The Morgan fingerprint density at radius 1 is 0.957 bits per heavy atom. The van der Waals surface area contributed by atoms with Gasteiger partial charge < -0.3 is 9.84 Å². The Bertz CT molecular complexity index is 597. The summed E-state index contributed by atoms with van der Waals surface area (Å²) in [4.78, 5) is 2.38. The lowest BCUT2D eigenvalue weighted by Crippen LogP contribution is -2.39. The summed E-state index contributed by atoms with van der Waals surface area (Å²) in [7, 11) is 0. The van der Waals surface area contributed by atoms with Crippen LogP contribution < -0.4 is 0 Å². The highest BCUT2D eigenvalue weighted by Crippen LogP contribution is 2.32. The van der Waals surface area contributed by atoms with Crippen LogP contribution in [-0.2, 0) is 4.74 Å². The molecule has 1 heterocycles. The number of aliphatic hydroxyl groups is 1. The first-order valence-electron chi connectivity index (χ1n) is 8.02. The van der Waals surface area contributed by atoms with Crippen molar-refractivity contribution >= 4 is 15.9 Å². The number of hydrogen-bond acceptors (Lipinski definition) is 3. The van der Waals surface area contributed by atoms with Crippen molar-refractivity contribution in [2.24, 2.45) is 0 Å². The van der Waals surface area contributed by atoms with Gasteiger partial charge in [0.1, 0.15) is 0 Å². The molecular weight excluding hydrogens is 354 g/mol. The minimum absolute atomic E-state index is 0.0514. The van der Waals surface area contributed by atoms with Crippen LogP contribution in [0.25, 0.3) is 0 Å². The van der Waals surface area contributed by atoms with E-state index in [0.717, 1.165) is 42.9 Å². The predicted octanol–water partition coefficient (Wildman–Crippen LogP) is 3.60. The molecule has 0 saturated carbocycles. The molecule has 3 nitrogen and oxygen atoms in total. The molecule has 0 radical (unpaired) electrons. The lowest BCUT2D eigenvalue weighted by molar-refractivity contribution is 0.0240. The minimum Gasteiger partial charge on any atom is -0.388 e. The molecule has 1 aliphatic rings. The van der Waals surface area contributed by atoms with Crippen molar-refractivity contribution in [3.8, 4) is 0 Å². The van der Waals surface area contributed by atoms with Crippen LogP contribution in [0, 0.1) is 0 Å². The second-order valence-corrected chi connectivity index (χ2v) is 6.84.